The van der Waals surface area contributed by atoms with E-state index in [1.807, 2.05) is 0 Å². The van der Waals surface area contributed by atoms with Crippen molar-refractivity contribution in [3.63, 3.8) is 0 Å². The van der Waals surface area contributed by atoms with Crippen LogP contribution in [0.3, 0.4) is 0 Å². The van der Waals surface area contributed by atoms with Gasteiger partial charge >= 0.3 is 0 Å². The second-order valence-electron chi connectivity index (χ2n) is 5.62. The zero-order valence-corrected chi connectivity index (χ0v) is 14.9. The highest BCUT2D eigenvalue weighted by molar-refractivity contribution is 7.80. The average Bonchev–Trinajstić information content (AvgIpc) is 2.53. The molecule has 7 heteroatoms. The van der Waals surface area contributed by atoms with E-state index in [1.165, 1.54) is 7.11 Å². The first kappa shape index (κ1) is 17.9. The molecule has 5 nitrogen and oxygen atoms in total. The van der Waals surface area contributed by atoms with Crippen molar-refractivity contribution in [2.75, 3.05) is 20.2 Å². The lowest BCUT2D eigenvalue weighted by molar-refractivity contribution is -0.126. The summed E-state index contributed by atoms with van der Waals surface area (Å²) in [5.41, 5.74) is 0.420. The maximum atomic E-state index is 12.8. The van der Waals surface area contributed by atoms with Crippen molar-refractivity contribution in [3.8, 4) is 5.75 Å². The minimum atomic E-state index is -0.215. The number of hydrogen-bond donors (Lipinski definition) is 2. The monoisotopic (exact) mass is 356 g/mol. The molecule has 1 N–H and O–H groups in total. The summed E-state index contributed by atoms with van der Waals surface area (Å²) in [6, 6.07) is 4.95. The van der Waals surface area contributed by atoms with E-state index in [0.717, 1.165) is 12.8 Å². The Labute approximate surface area is 146 Å². The van der Waals surface area contributed by atoms with Crippen LogP contribution < -0.4 is 10.1 Å². The van der Waals surface area contributed by atoms with E-state index in [0.29, 0.717) is 29.4 Å². The summed E-state index contributed by atoms with van der Waals surface area (Å²) in [5, 5.41) is 3.05. The van der Waals surface area contributed by atoms with Gasteiger partial charge in [-0.25, -0.2) is 0 Å². The number of carbonyl (C=O) groups is 2. The van der Waals surface area contributed by atoms with Gasteiger partial charge in [0.25, 0.3) is 5.91 Å². The highest BCUT2D eigenvalue weighted by Gasteiger charge is 2.30. The molecule has 2 rings (SSSR count). The van der Waals surface area contributed by atoms with Crippen molar-refractivity contribution in [1.82, 2.24) is 10.2 Å². The standard InChI is InChI=1S/C16H21ClN2O3S/c1-10(23)18-15(20)11-4-3-7-19(9-11)16(21)13-8-12(17)5-6-14(13)22-2/h5-6,8,10-11,23H,3-4,7,9H2,1-2H3,(H,18,20)/t10?,11-/m0/s1. The van der Waals surface area contributed by atoms with Crippen LogP contribution >= 0.6 is 24.2 Å². The fraction of sp³-hybridized carbons (Fsp3) is 0.500. The third kappa shape index (κ3) is 4.54. The number of halogens is 1. The van der Waals surface area contributed by atoms with Crippen molar-refractivity contribution < 1.29 is 14.3 Å². The highest BCUT2D eigenvalue weighted by atomic mass is 35.5. The van der Waals surface area contributed by atoms with Crippen LogP contribution in [0.5, 0.6) is 5.75 Å². The fourth-order valence-electron chi connectivity index (χ4n) is 2.72. The molecule has 0 radical (unpaired) electrons. The summed E-state index contributed by atoms with van der Waals surface area (Å²) in [4.78, 5) is 26.6. The second-order valence-corrected chi connectivity index (χ2v) is 6.83. The lowest BCUT2D eigenvalue weighted by atomic mass is 9.96. The van der Waals surface area contributed by atoms with Crippen molar-refractivity contribution in [3.05, 3.63) is 28.8 Å². The molecular weight excluding hydrogens is 336 g/mol. The number of benzene rings is 1. The van der Waals surface area contributed by atoms with Crippen LogP contribution in [-0.2, 0) is 4.79 Å². The zero-order valence-electron chi connectivity index (χ0n) is 13.2. The number of likely N-dealkylation sites (tertiary alicyclic amines) is 1. The number of thiol groups is 1. The van der Waals surface area contributed by atoms with E-state index in [4.69, 9.17) is 16.3 Å². The molecule has 1 fully saturated rings. The smallest absolute Gasteiger partial charge is 0.257 e. The molecular formula is C16H21ClN2O3S. The number of amides is 2. The summed E-state index contributed by atoms with van der Waals surface area (Å²) in [5.74, 6) is 0.0336. The minimum Gasteiger partial charge on any atom is -0.496 e. The fourth-order valence-corrected chi connectivity index (χ4v) is 3.02. The minimum absolute atomic E-state index is 0.0666. The van der Waals surface area contributed by atoms with Crippen LogP contribution in [0.25, 0.3) is 0 Å². The van der Waals surface area contributed by atoms with Crippen molar-refractivity contribution in [1.29, 1.82) is 0 Å². The third-order valence-electron chi connectivity index (χ3n) is 3.82. The van der Waals surface area contributed by atoms with Gasteiger partial charge in [-0.05, 0) is 38.0 Å². The number of ether oxygens (including phenoxy) is 1. The molecule has 0 saturated carbocycles. The van der Waals surface area contributed by atoms with Gasteiger partial charge in [0.15, 0.2) is 0 Å². The Morgan fingerprint density at radius 3 is 2.87 bits per heavy atom. The number of carbonyl (C=O) groups excluding carboxylic acids is 2. The van der Waals surface area contributed by atoms with Crippen LogP contribution in [0.2, 0.25) is 5.02 Å². The predicted octanol–water partition coefficient (Wildman–Crippen LogP) is 2.59. The lowest BCUT2D eigenvalue weighted by Crippen LogP contribution is -2.46. The van der Waals surface area contributed by atoms with Gasteiger partial charge in [-0.2, -0.15) is 12.6 Å². The maximum Gasteiger partial charge on any atom is 0.257 e. The van der Waals surface area contributed by atoms with E-state index in [9.17, 15) is 9.59 Å². The van der Waals surface area contributed by atoms with Gasteiger partial charge in [0, 0.05) is 18.1 Å². The molecule has 0 spiro atoms. The Morgan fingerprint density at radius 1 is 1.48 bits per heavy atom. The van der Waals surface area contributed by atoms with E-state index in [2.05, 4.69) is 17.9 Å². The molecule has 2 atom stereocenters. The molecule has 1 aliphatic heterocycles. The Balaban J connectivity index is 2.13. The van der Waals surface area contributed by atoms with Gasteiger partial charge in [0.05, 0.1) is 24.0 Å². The Kier molecular flexibility index (Phi) is 6.18. The van der Waals surface area contributed by atoms with Gasteiger partial charge in [0.2, 0.25) is 5.91 Å². The molecule has 0 aromatic heterocycles. The molecule has 1 saturated heterocycles. The highest BCUT2D eigenvalue weighted by Crippen LogP contribution is 2.26. The number of piperidine rings is 1. The molecule has 0 aliphatic carbocycles. The molecule has 2 amide bonds. The van der Waals surface area contributed by atoms with Crippen LogP contribution in [0.1, 0.15) is 30.1 Å². The number of hydrogen-bond acceptors (Lipinski definition) is 4. The van der Waals surface area contributed by atoms with Crippen LogP contribution in [0, 0.1) is 5.92 Å². The van der Waals surface area contributed by atoms with Gasteiger partial charge in [-0.15, -0.1) is 0 Å². The zero-order chi connectivity index (χ0) is 17.0. The van der Waals surface area contributed by atoms with E-state index in [1.54, 1.807) is 30.0 Å². The number of nitrogens with one attached hydrogen (secondary N) is 1. The average molecular weight is 357 g/mol. The van der Waals surface area contributed by atoms with Crippen LogP contribution in [0.15, 0.2) is 18.2 Å². The molecule has 0 bridgehead atoms. The first-order valence-corrected chi connectivity index (χ1v) is 8.43. The van der Waals surface area contributed by atoms with Gasteiger partial charge in [-0.1, -0.05) is 11.6 Å². The molecule has 126 valence electrons. The summed E-state index contributed by atoms with van der Waals surface area (Å²) in [6.45, 7) is 2.80. The van der Waals surface area contributed by atoms with Crippen LogP contribution in [0.4, 0.5) is 0 Å². The Morgan fingerprint density at radius 2 is 2.22 bits per heavy atom. The summed E-state index contributed by atoms with van der Waals surface area (Å²) < 4.78 is 5.24. The van der Waals surface area contributed by atoms with Crippen LogP contribution in [-0.4, -0.2) is 42.3 Å². The van der Waals surface area contributed by atoms with Gasteiger partial charge in [-0.3, -0.25) is 9.59 Å². The second kappa shape index (κ2) is 7.93. The van der Waals surface area contributed by atoms with Crippen molar-refractivity contribution in [2.24, 2.45) is 5.92 Å². The van der Waals surface area contributed by atoms with Gasteiger partial charge in [0.1, 0.15) is 5.75 Å². The normalized spacial score (nSPS) is 19.1. The maximum absolute atomic E-state index is 12.8. The lowest BCUT2D eigenvalue weighted by Gasteiger charge is -2.32. The molecule has 1 aliphatic rings. The topological polar surface area (TPSA) is 58.6 Å². The molecule has 23 heavy (non-hydrogen) atoms. The predicted molar refractivity (Wildman–Crippen MR) is 93.2 cm³/mol. The van der Waals surface area contributed by atoms with E-state index in [-0.39, 0.29) is 23.1 Å². The molecule has 1 heterocycles. The van der Waals surface area contributed by atoms with E-state index < -0.39 is 0 Å². The largest absolute Gasteiger partial charge is 0.496 e. The quantitative estimate of drug-likeness (QED) is 0.644. The van der Waals surface area contributed by atoms with E-state index >= 15 is 0 Å². The summed E-state index contributed by atoms with van der Waals surface area (Å²) >= 11 is 10.2. The third-order valence-corrected chi connectivity index (χ3v) is 4.19. The Hall–Kier alpha value is -1.40. The first-order valence-electron chi connectivity index (χ1n) is 7.53. The Bertz CT molecular complexity index is 595. The molecule has 1 aromatic rings. The first-order chi connectivity index (χ1) is 10.9. The van der Waals surface area contributed by atoms with Gasteiger partial charge < -0.3 is 15.0 Å². The number of methoxy groups -OCH3 is 1. The number of rotatable bonds is 4. The molecule has 1 unspecified atom stereocenters. The SMILES string of the molecule is COc1ccc(Cl)cc1C(=O)N1CCC[C@H](C(=O)NC(C)S)C1. The summed E-state index contributed by atoms with van der Waals surface area (Å²) in [6.07, 6.45) is 1.55. The van der Waals surface area contributed by atoms with Crippen molar-refractivity contribution >= 4 is 36.0 Å². The van der Waals surface area contributed by atoms with Crippen molar-refractivity contribution in [2.45, 2.75) is 25.1 Å². The molecule has 1 aromatic carbocycles. The summed E-state index contributed by atoms with van der Waals surface area (Å²) in [7, 11) is 1.51. The number of nitrogens with zero attached hydrogens (tertiary/aromatic N) is 1.